The van der Waals surface area contributed by atoms with Crippen molar-refractivity contribution in [3.63, 3.8) is 0 Å². The van der Waals surface area contributed by atoms with Gasteiger partial charge in [0, 0.05) is 17.8 Å². The first-order valence-corrected chi connectivity index (χ1v) is 8.99. The van der Waals surface area contributed by atoms with Crippen LogP contribution in [0.5, 0.6) is 0 Å². The standard InChI is InChI=1S/C17H25NO7S/c1-17(2,3)25-16(24)18-9-8-11(20)15(23)13-6-5-12(26-13)10(19)4-7-14(21)22/h5-6,11,15,20,23H,4,7-9H2,1-3H3,(H,18,24)(H,21,22). The smallest absolute Gasteiger partial charge is 0.407 e. The van der Waals surface area contributed by atoms with Crippen LogP contribution < -0.4 is 5.32 Å². The molecule has 0 aromatic carbocycles. The molecule has 0 bridgehead atoms. The number of aliphatic carboxylic acids is 1. The van der Waals surface area contributed by atoms with E-state index in [1.165, 1.54) is 12.1 Å². The molecule has 0 fully saturated rings. The topological polar surface area (TPSA) is 133 Å². The van der Waals surface area contributed by atoms with Crippen molar-refractivity contribution in [1.29, 1.82) is 0 Å². The highest BCUT2D eigenvalue weighted by Crippen LogP contribution is 2.27. The summed E-state index contributed by atoms with van der Waals surface area (Å²) < 4.78 is 5.06. The largest absolute Gasteiger partial charge is 0.481 e. The number of ketones is 1. The van der Waals surface area contributed by atoms with Gasteiger partial charge in [-0.2, -0.15) is 0 Å². The number of rotatable bonds is 9. The molecule has 0 aliphatic carbocycles. The third-order valence-corrected chi connectivity index (χ3v) is 4.43. The molecule has 0 spiro atoms. The maximum absolute atomic E-state index is 11.9. The van der Waals surface area contributed by atoms with Crippen LogP contribution in [0, 0.1) is 0 Å². The highest BCUT2D eigenvalue weighted by molar-refractivity contribution is 7.14. The van der Waals surface area contributed by atoms with Gasteiger partial charge >= 0.3 is 12.1 Å². The molecular formula is C17H25NO7S. The Morgan fingerprint density at radius 1 is 1.19 bits per heavy atom. The Labute approximate surface area is 155 Å². The number of nitrogens with one attached hydrogen (secondary N) is 1. The molecular weight excluding hydrogens is 362 g/mol. The first-order valence-electron chi connectivity index (χ1n) is 8.17. The second-order valence-electron chi connectivity index (χ2n) is 6.75. The second kappa shape index (κ2) is 9.65. The fraction of sp³-hybridized carbons (Fsp3) is 0.588. The summed E-state index contributed by atoms with van der Waals surface area (Å²) in [7, 11) is 0. The lowest BCUT2D eigenvalue weighted by Crippen LogP contribution is -2.34. The Morgan fingerprint density at radius 3 is 2.42 bits per heavy atom. The third-order valence-electron chi connectivity index (χ3n) is 3.23. The number of carboxylic acids is 1. The first-order chi connectivity index (χ1) is 12.0. The Morgan fingerprint density at radius 2 is 1.85 bits per heavy atom. The number of amides is 1. The third kappa shape index (κ3) is 7.94. The lowest BCUT2D eigenvalue weighted by molar-refractivity contribution is -0.136. The molecule has 0 aliphatic rings. The molecule has 1 amide bonds. The van der Waals surface area contributed by atoms with Gasteiger partial charge in [0.1, 0.15) is 11.7 Å². The van der Waals surface area contributed by atoms with Crippen LogP contribution in [0.4, 0.5) is 4.79 Å². The monoisotopic (exact) mass is 387 g/mol. The van der Waals surface area contributed by atoms with Gasteiger partial charge in [-0.15, -0.1) is 11.3 Å². The first kappa shape index (κ1) is 22.1. The molecule has 8 nitrogen and oxygen atoms in total. The molecule has 1 aromatic rings. The van der Waals surface area contributed by atoms with E-state index in [0.29, 0.717) is 9.75 Å². The van der Waals surface area contributed by atoms with Crippen molar-refractivity contribution >= 4 is 29.2 Å². The number of aliphatic hydroxyl groups is 2. The molecule has 1 aromatic heterocycles. The molecule has 0 radical (unpaired) electrons. The molecule has 4 N–H and O–H groups in total. The number of ether oxygens (including phenoxy) is 1. The van der Waals surface area contributed by atoms with E-state index in [1.54, 1.807) is 20.8 Å². The molecule has 0 saturated carbocycles. The summed E-state index contributed by atoms with van der Waals surface area (Å²) in [4.78, 5) is 34.6. The summed E-state index contributed by atoms with van der Waals surface area (Å²) >= 11 is 1.01. The molecule has 146 valence electrons. The van der Waals surface area contributed by atoms with Crippen LogP contribution in [0.15, 0.2) is 12.1 Å². The number of carbonyl (C=O) groups is 3. The molecule has 0 aliphatic heterocycles. The molecule has 2 atom stereocenters. The van der Waals surface area contributed by atoms with E-state index in [-0.39, 0.29) is 31.6 Å². The predicted octanol–water partition coefficient (Wildman–Crippen LogP) is 2.10. The zero-order chi connectivity index (χ0) is 19.9. The molecule has 2 unspecified atom stereocenters. The summed E-state index contributed by atoms with van der Waals surface area (Å²) in [5.74, 6) is -1.37. The maximum Gasteiger partial charge on any atom is 0.407 e. The highest BCUT2D eigenvalue weighted by atomic mass is 32.1. The maximum atomic E-state index is 11.9. The van der Waals surface area contributed by atoms with Crippen LogP contribution in [0.25, 0.3) is 0 Å². The quantitative estimate of drug-likeness (QED) is 0.477. The predicted molar refractivity (Wildman–Crippen MR) is 95.3 cm³/mol. The van der Waals surface area contributed by atoms with Gasteiger partial charge in [0.05, 0.1) is 17.4 Å². The minimum Gasteiger partial charge on any atom is -0.481 e. The van der Waals surface area contributed by atoms with E-state index < -0.39 is 29.9 Å². The molecule has 0 saturated heterocycles. The van der Waals surface area contributed by atoms with Gasteiger partial charge in [-0.05, 0) is 39.3 Å². The second-order valence-corrected chi connectivity index (χ2v) is 7.86. The van der Waals surface area contributed by atoms with E-state index in [0.717, 1.165) is 11.3 Å². The van der Waals surface area contributed by atoms with Gasteiger partial charge < -0.3 is 25.4 Å². The van der Waals surface area contributed by atoms with Crippen molar-refractivity contribution in [3.05, 3.63) is 21.9 Å². The van der Waals surface area contributed by atoms with Gasteiger partial charge in [0.15, 0.2) is 5.78 Å². The van der Waals surface area contributed by atoms with Crippen LogP contribution in [-0.2, 0) is 9.53 Å². The summed E-state index contributed by atoms with van der Waals surface area (Å²) in [6.45, 7) is 5.31. The van der Waals surface area contributed by atoms with Crippen LogP contribution >= 0.6 is 11.3 Å². The molecule has 1 rings (SSSR count). The van der Waals surface area contributed by atoms with E-state index >= 15 is 0 Å². The number of thiophene rings is 1. The minimum absolute atomic E-state index is 0.0978. The fourth-order valence-electron chi connectivity index (χ4n) is 1.99. The lowest BCUT2D eigenvalue weighted by atomic mass is 10.1. The Hall–Kier alpha value is -1.97. The van der Waals surface area contributed by atoms with Gasteiger partial charge in [0.2, 0.25) is 0 Å². The molecule has 26 heavy (non-hydrogen) atoms. The fourth-order valence-corrected chi connectivity index (χ4v) is 3.01. The van der Waals surface area contributed by atoms with Gasteiger partial charge in [-0.1, -0.05) is 0 Å². The average molecular weight is 387 g/mol. The van der Waals surface area contributed by atoms with Gasteiger partial charge in [0.25, 0.3) is 0 Å². The number of alkyl carbamates (subject to hydrolysis) is 1. The van der Waals surface area contributed by atoms with Crippen LogP contribution in [0.1, 0.15) is 60.7 Å². The Balaban J connectivity index is 2.48. The molecule has 1 heterocycles. The van der Waals surface area contributed by atoms with E-state index in [9.17, 15) is 24.6 Å². The number of hydrogen-bond donors (Lipinski definition) is 4. The summed E-state index contributed by atoms with van der Waals surface area (Å²) in [6, 6.07) is 3.02. The normalized spacial score (nSPS) is 13.7. The van der Waals surface area contributed by atoms with Crippen molar-refractivity contribution in [3.8, 4) is 0 Å². The van der Waals surface area contributed by atoms with E-state index in [2.05, 4.69) is 5.32 Å². The number of hydrogen-bond acceptors (Lipinski definition) is 7. The van der Waals surface area contributed by atoms with Crippen molar-refractivity contribution < 1.29 is 34.4 Å². The van der Waals surface area contributed by atoms with Crippen molar-refractivity contribution in [1.82, 2.24) is 5.32 Å². The van der Waals surface area contributed by atoms with Crippen molar-refractivity contribution in [2.75, 3.05) is 6.54 Å². The van der Waals surface area contributed by atoms with E-state index in [1.807, 2.05) is 0 Å². The number of carboxylic acid groups (broad SMARTS) is 1. The van der Waals surface area contributed by atoms with Crippen molar-refractivity contribution in [2.24, 2.45) is 0 Å². The summed E-state index contributed by atoms with van der Waals surface area (Å²) in [6.07, 6.45) is -3.23. The average Bonchev–Trinajstić information content (AvgIpc) is 2.99. The summed E-state index contributed by atoms with van der Waals surface area (Å²) in [5.41, 5.74) is -0.622. The SMILES string of the molecule is CC(C)(C)OC(=O)NCCC(O)C(O)c1ccc(C(=O)CCC(=O)O)s1. The number of Topliss-reactive ketones (excluding diaryl/α,β-unsaturated/α-hetero) is 1. The van der Waals surface area contributed by atoms with Gasteiger partial charge in [-0.25, -0.2) is 4.79 Å². The van der Waals surface area contributed by atoms with E-state index in [4.69, 9.17) is 9.84 Å². The zero-order valence-electron chi connectivity index (χ0n) is 15.0. The molecule has 9 heteroatoms. The van der Waals surface area contributed by atoms with Crippen LogP contribution in [0.2, 0.25) is 0 Å². The summed E-state index contributed by atoms with van der Waals surface area (Å²) in [5, 5.41) is 31.3. The Bertz CT molecular complexity index is 635. The minimum atomic E-state index is -1.21. The Kier molecular flexibility index (Phi) is 8.19. The van der Waals surface area contributed by atoms with Crippen molar-refractivity contribution in [2.45, 2.75) is 57.8 Å². The highest BCUT2D eigenvalue weighted by Gasteiger charge is 2.22. The lowest BCUT2D eigenvalue weighted by Gasteiger charge is -2.20. The number of aliphatic hydroxyl groups excluding tert-OH is 2. The van der Waals surface area contributed by atoms with Gasteiger partial charge in [-0.3, -0.25) is 9.59 Å². The van der Waals surface area contributed by atoms with Crippen LogP contribution in [0.3, 0.4) is 0 Å². The van der Waals surface area contributed by atoms with Crippen LogP contribution in [-0.4, -0.2) is 51.4 Å². The zero-order valence-corrected chi connectivity index (χ0v) is 15.8. The number of carbonyl (C=O) groups excluding carboxylic acids is 2.